The predicted octanol–water partition coefficient (Wildman–Crippen LogP) is 3.86. The molecule has 0 unspecified atom stereocenters. The van der Waals surface area contributed by atoms with Gasteiger partial charge in [0.25, 0.3) is 0 Å². The molecular formula is C12H10F3NO. The summed E-state index contributed by atoms with van der Waals surface area (Å²) < 4.78 is 42.6. The van der Waals surface area contributed by atoms with Gasteiger partial charge in [-0.2, -0.15) is 13.2 Å². The maximum Gasteiger partial charge on any atom is 0.416 e. The van der Waals surface area contributed by atoms with E-state index in [0.29, 0.717) is 17.1 Å². The Morgan fingerprint density at radius 2 is 1.82 bits per heavy atom. The lowest BCUT2D eigenvalue weighted by atomic mass is 10.1. The summed E-state index contributed by atoms with van der Waals surface area (Å²) in [6.07, 6.45) is -4.38. The van der Waals surface area contributed by atoms with Crippen LogP contribution in [0.1, 0.15) is 11.3 Å². The maximum atomic E-state index is 12.4. The minimum Gasteiger partial charge on any atom is -0.461 e. The van der Waals surface area contributed by atoms with Crippen molar-refractivity contribution in [1.29, 1.82) is 0 Å². The quantitative estimate of drug-likeness (QED) is 0.770. The third-order valence-corrected chi connectivity index (χ3v) is 2.38. The van der Waals surface area contributed by atoms with Crippen LogP contribution in [0.15, 0.2) is 34.7 Å². The summed E-state index contributed by atoms with van der Waals surface area (Å²) in [6.45, 7) is 1.75. The van der Waals surface area contributed by atoms with Crippen molar-refractivity contribution in [2.24, 2.45) is 0 Å². The number of halogens is 3. The SMILES string of the molecule is Cc1ccc(-c2ccc(C(F)(F)F)cc2N)o1. The Labute approximate surface area is 95.8 Å². The van der Waals surface area contributed by atoms with E-state index in [0.717, 1.165) is 12.1 Å². The van der Waals surface area contributed by atoms with Crippen LogP contribution < -0.4 is 5.73 Å². The number of hydrogen-bond donors (Lipinski definition) is 1. The van der Waals surface area contributed by atoms with Crippen LogP contribution in [0.5, 0.6) is 0 Å². The molecule has 2 rings (SSSR count). The van der Waals surface area contributed by atoms with Crippen molar-refractivity contribution in [3.63, 3.8) is 0 Å². The number of aryl methyl sites for hydroxylation is 1. The van der Waals surface area contributed by atoms with Gasteiger partial charge in [-0.15, -0.1) is 0 Å². The van der Waals surface area contributed by atoms with Gasteiger partial charge in [-0.05, 0) is 37.3 Å². The van der Waals surface area contributed by atoms with Crippen LogP contribution in [0.3, 0.4) is 0 Å². The highest BCUT2D eigenvalue weighted by Crippen LogP contribution is 2.34. The van der Waals surface area contributed by atoms with Crippen LogP contribution in [0, 0.1) is 6.92 Å². The Hall–Kier alpha value is -1.91. The van der Waals surface area contributed by atoms with Gasteiger partial charge in [0.1, 0.15) is 11.5 Å². The first-order chi connectivity index (χ1) is 7.88. The van der Waals surface area contributed by atoms with Gasteiger partial charge in [0.05, 0.1) is 5.56 Å². The van der Waals surface area contributed by atoms with Crippen molar-refractivity contribution >= 4 is 5.69 Å². The van der Waals surface area contributed by atoms with Gasteiger partial charge in [0, 0.05) is 11.3 Å². The third-order valence-electron chi connectivity index (χ3n) is 2.38. The molecule has 1 aromatic heterocycles. The number of hydrogen-bond acceptors (Lipinski definition) is 2. The highest BCUT2D eigenvalue weighted by atomic mass is 19.4. The summed E-state index contributed by atoms with van der Waals surface area (Å²) in [5.74, 6) is 1.15. The molecule has 1 heterocycles. The summed E-state index contributed by atoms with van der Waals surface area (Å²) in [6, 6.07) is 6.62. The smallest absolute Gasteiger partial charge is 0.416 e. The second kappa shape index (κ2) is 3.84. The van der Waals surface area contributed by atoms with Gasteiger partial charge < -0.3 is 10.2 Å². The molecule has 5 heteroatoms. The molecule has 17 heavy (non-hydrogen) atoms. The van der Waals surface area contributed by atoms with Crippen LogP contribution >= 0.6 is 0 Å². The molecule has 0 saturated carbocycles. The van der Waals surface area contributed by atoms with Gasteiger partial charge >= 0.3 is 6.18 Å². The Morgan fingerprint density at radius 3 is 2.29 bits per heavy atom. The summed E-state index contributed by atoms with van der Waals surface area (Å²) in [4.78, 5) is 0. The lowest BCUT2D eigenvalue weighted by Gasteiger charge is -2.09. The summed E-state index contributed by atoms with van der Waals surface area (Å²) in [5.41, 5.74) is 5.35. The Kier molecular flexibility index (Phi) is 2.61. The molecule has 0 saturated heterocycles. The van der Waals surface area contributed by atoms with Crippen LogP contribution in [-0.4, -0.2) is 0 Å². The average molecular weight is 241 g/mol. The fraction of sp³-hybridized carbons (Fsp3) is 0.167. The number of rotatable bonds is 1. The van der Waals surface area contributed by atoms with Crippen LogP contribution in [-0.2, 0) is 6.18 Å². The van der Waals surface area contributed by atoms with Crippen molar-refractivity contribution in [3.8, 4) is 11.3 Å². The average Bonchev–Trinajstić information content (AvgIpc) is 2.63. The first-order valence-electron chi connectivity index (χ1n) is 4.91. The Balaban J connectivity index is 2.45. The topological polar surface area (TPSA) is 39.2 Å². The number of furan rings is 1. The maximum absolute atomic E-state index is 12.4. The van der Waals surface area contributed by atoms with Crippen molar-refractivity contribution in [2.45, 2.75) is 13.1 Å². The molecule has 2 N–H and O–H groups in total. The van der Waals surface area contributed by atoms with E-state index in [9.17, 15) is 13.2 Å². The summed E-state index contributed by atoms with van der Waals surface area (Å²) >= 11 is 0. The zero-order valence-corrected chi connectivity index (χ0v) is 9.01. The molecular weight excluding hydrogens is 231 g/mol. The highest BCUT2D eigenvalue weighted by molar-refractivity contribution is 5.73. The Bertz CT molecular complexity index is 543. The van der Waals surface area contributed by atoms with Crippen molar-refractivity contribution < 1.29 is 17.6 Å². The number of nitrogen functional groups attached to an aromatic ring is 1. The molecule has 0 aliphatic carbocycles. The lowest BCUT2D eigenvalue weighted by molar-refractivity contribution is -0.137. The monoisotopic (exact) mass is 241 g/mol. The molecule has 0 bridgehead atoms. The van der Waals surface area contributed by atoms with Gasteiger partial charge in [-0.3, -0.25) is 0 Å². The summed E-state index contributed by atoms with van der Waals surface area (Å²) in [5, 5.41) is 0. The van der Waals surface area contributed by atoms with E-state index in [2.05, 4.69) is 0 Å². The fourth-order valence-electron chi connectivity index (χ4n) is 1.54. The van der Waals surface area contributed by atoms with Crippen LogP contribution in [0.4, 0.5) is 18.9 Å². The van der Waals surface area contributed by atoms with Crippen LogP contribution in [0.2, 0.25) is 0 Å². The largest absolute Gasteiger partial charge is 0.461 e. The van der Waals surface area contributed by atoms with Gasteiger partial charge in [-0.25, -0.2) is 0 Å². The molecule has 2 nitrogen and oxygen atoms in total. The number of alkyl halides is 3. The van der Waals surface area contributed by atoms with E-state index >= 15 is 0 Å². The summed E-state index contributed by atoms with van der Waals surface area (Å²) in [7, 11) is 0. The molecule has 90 valence electrons. The third kappa shape index (κ3) is 2.27. The first-order valence-corrected chi connectivity index (χ1v) is 4.91. The van der Waals surface area contributed by atoms with E-state index < -0.39 is 11.7 Å². The van der Waals surface area contributed by atoms with Crippen molar-refractivity contribution in [2.75, 3.05) is 5.73 Å². The van der Waals surface area contributed by atoms with E-state index in [1.54, 1.807) is 19.1 Å². The molecule has 0 radical (unpaired) electrons. The lowest BCUT2D eigenvalue weighted by Crippen LogP contribution is -2.05. The first kappa shape index (κ1) is 11.6. The zero-order chi connectivity index (χ0) is 12.6. The number of nitrogens with two attached hydrogens (primary N) is 1. The van der Waals surface area contributed by atoms with E-state index in [4.69, 9.17) is 10.2 Å². The molecule has 2 aromatic rings. The van der Waals surface area contributed by atoms with E-state index in [-0.39, 0.29) is 5.69 Å². The van der Waals surface area contributed by atoms with Crippen LogP contribution in [0.25, 0.3) is 11.3 Å². The van der Waals surface area contributed by atoms with Crippen molar-refractivity contribution in [1.82, 2.24) is 0 Å². The van der Waals surface area contributed by atoms with Gasteiger partial charge in [0.2, 0.25) is 0 Å². The van der Waals surface area contributed by atoms with E-state index in [1.165, 1.54) is 6.07 Å². The normalized spacial score (nSPS) is 11.8. The second-order valence-corrected chi connectivity index (χ2v) is 3.71. The zero-order valence-electron chi connectivity index (χ0n) is 9.01. The van der Waals surface area contributed by atoms with E-state index in [1.807, 2.05) is 0 Å². The molecule has 0 atom stereocenters. The van der Waals surface area contributed by atoms with Gasteiger partial charge in [0.15, 0.2) is 0 Å². The number of anilines is 1. The second-order valence-electron chi connectivity index (χ2n) is 3.71. The van der Waals surface area contributed by atoms with Gasteiger partial charge in [-0.1, -0.05) is 0 Å². The fourth-order valence-corrected chi connectivity index (χ4v) is 1.54. The highest BCUT2D eigenvalue weighted by Gasteiger charge is 2.30. The predicted molar refractivity (Wildman–Crippen MR) is 58.3 cm³/mol. The number of benzene rings is 1. The molecule has 1 aromatic carbocycles. The van der Waals surface area contributed by atoms with Crippen molar-refractivity contribution in [3.05, 3.63) is 41.7 Å². The molecule has 0 aliphatic rings. The molecule has 0 spiro atoms. The molecule has 0 amide bonds. The minimum atomic E-state index is -4.38. The molecule has 0 aliphatic heterocycles. The standard InChI is InChI=1S/C12H10F3NO/c1-7-2-5-11(17-7)9-4-3-8(6-10(9)16)12(13,14)15/h2-6H,16H2,1H3. The molecule has 0 fully saturated rings. The Morgan fingerprint density at radius 1 is 1.12 bits per heavy atom. The minimum absolute atomic E-state index is 0.0502.